The molecule has 7 heteroatoms. The minimum Gasteiger partial charge on any atom is -0.494 e. The number of hydrogen-bond acceptors (Lipinski definition) is 6. The Morgan fingerprint density at radius 1 is 1.04 bits per heavy atom. The van der Waals surface area contributed by atoms with Gasteiger partial charge in [-0.1, -0.05) is 12.1 Å². The molecule has 4 rings (SSSR count). The van der Waals surface area contributed by atoms with E-state index in [1.54, 1.807) is 10.6 Å². The van der Waals surface area contributed by atoms with Gasteiger partial charge in [-0.25, -0.2) is 0 Å². The molecule has 2 aromatic heterocycles. The van der Waals surface area contributed by atoms with Crippen LogP contribution in [0.4, 0.5) is 5.82 Å². The predicted octanol–water partition coefficient (Wildman–Crippen LogP) is 2.71. The molecule has 0 saturated carbocycles. The number of nitrogens with two attached hydrogens (primary N) is 1. The van der Waals surface area contributed by atoms with Crippen LogP contribution in [0.1, 0.15) is 24.8 Å². The third-order valence-corrected chi connectivity index (χ3v) is 4.27. The second-order valence-electron chi connectivity index (χ2n) is 6.12. The SMILES string of the molecule is Nc1nc2cc3c1nc(O)n3Cc1cccc(c1)OCCCCCO2. The highest BCUT2D eigenvalue weighted by Crippen LogP contribution is 2.29. The zero-order valence-electron chi connectivity index (χ0n) is 13.8. The van der Waals surface area contributed by atoms with Crippen LogP contribution in [0.5, 0.6) is 17.6 Å². The second kappa shape index (κ2) is 6.51. The van der Waals surface area contributed by atoms with Crippen molar-refractivity contribution in [1.82, 2.24) is 14.5 Å². The summed E-state index contributed by atoms with van der Waals surface area (Å²) in [5, 5.41) is 10.3. The van der Waals surface area contributed by atoms with Gasteiger partial charge in [0.1, 0.15) is 11.3 Å². The highest BCUT2D eigenvalue weighted by atomic mass is 16.5. The van der Waals surface area contributed by atoms with Gasteiger partial charge in [-0.15, -0.1) is 0 Å². The number of ether oxygens (including phenoxy) is 2. The summed E-state index contributed by atoms with van der Waals surface area (Å²) >= 11 is 0. The van der Waals surface area contributed by atoms with E-state index in [1.165, 1.54) is 0 Å². The molecule has 0 aliphatic carbocycles. The molecule has 3 N–H and O–H groups in total. The van der Waals surface area contributed by atoms with E-state index in [1.807, 2.05) is 24.3 Å². The molecule has 0 unspecified atom stereocenters. The average Bonchev–Trinajstić information content (AvgIpc) is 2.90. The molecule has 0 spiro atoms. The Kier molecular flexibility index (Phi) is 4.05. The third-order valence-electron chi connectivity index (χ3n) is 4.27. The van der Waals surface area contributed by atoms with Crippen molar-refractivity contribution >= 4 is 16.9 Å². The van der Waals surface area contributed by atoms with Crippen LogP contribution in [0, 0.1) is 0 Å². The number of nitrogen functional groups attached to an aromatic ring is 1. The lowest BCUT2D eigenvalue weighted by atomic mass is 10.2. The molecule has 1 aliphatic heterocycles. The van der Waals surface area contributed by atoms with Gasteiger partial charge in [-0.3, -0.25) is 4.57 Å². The highest BCUT2D eigenvalue weighted by molar-refractivity contribution is 5.87. The molecule has 7 nitrogen and oxygen atoms in total. The zero-order chi connectivity index (χ0) is 17.2. The van der Waals surface area contributed by atoms with E-state index < -0.39 is 0 Å². The van der Waals surface area contributed by atoms with Gasteiger partial charge in [0.05, 0.1) is 25.3 Å². The summed E-state index contributed by atoms with van der Waals surface area (Å²) in [6.45, 7) is 1.68. The van der Waals surface area contributed by atoms with Crippen LogP contribution >= 0.6 is 0 Å². The molecule has 0 amide bonds. The predicted molar refractivity (Wildman–Crippen MR) is 94.0 cm³/mol. The van der Waals surface area contributed by atoms with Crippen molar-refractivity contribution < 1.29 is 14.6 Å². The quantitative estimate of drug-likeness (QED) is 0.653. The maximum atomic E-state index is 10.3. The fourth-order valence-electron chi connectivity index (χ4n) is 3.00. The van der Waals surface area contributed by atoms with Gasteiger partial charge in [0.25, 0.3) is 6.01 Å². The monoisotopic (exact) mass is 340 g/mol. The lowest BCUT2D eigenvalue weighted by molar-refractivity contribution is 0.274. The normalized spacial score (nSPS) is 15.2. The lowest BCUT2D eigenvalue weighted by Crippen LogP contribution is -2.03. The van der Waals surface area contributed by atoms with Gasteiger partial charge in [0.15, 0.2) is 5.82 Å². The zero-order valence-corrected chi connectivity index (χ0v) is 13.8. The molecule has 3 aromatic rings. The fraction of sp³-hybridized carbons (Fsp3) is 0.333. The maximum absolute atomic E-state index is 10.3. The van der Waals surface area contributed by atoms with E-state index in [4.69, 9.17) is 15.2 Å². The van der Waals surface area contributed by atoms with Gasteiger partial charge in [0.2, 0.25) is 5.88 Å². The third kappa shape index (κ3) is 3.17. The molecule has 0 saturated heterocycles. The summed E-state index contributed by atoms with van der Waals surface area (Å²) < 4.78 is 13.2. The van der Waals surface area contributed by atoms with Gasteiger partial charge in [-0.2, -0.15) is 9.97 Å². The van der Waals surface area contributed by atoms with Crippen LogP contribution in [0.2, 0.25) is 0 Å². The smallest absolute Gasteiger partial charge is 0.295 e. The van der Waals surface area contributed by atoms with Gasteiger partial charge in [0, 0.05) is 6.07 Å². The maximum Gasteiger partial charge on any atom is 0.295 e. The van der Waals surface area contributed by atoms with Crippen LogP contribution in [0.25, 0.3) is 11.0 Å². The van der Waals surface area contributed by atoms with Crippen LogP contribution in [-0.2, 0) is 6.54 Å². The van der Waals surface area contributed by atoms with E-state index in [9.17, 15) is 5.11 Å². The van der Waals surface area contributed by atoms with Gasteiger partial charge >= 0.3 is 0 Å². The van der Waals surface area contributed by atoms with Crippen LogP contribution in [0.15, 0.2) is 30.3 Å². The Hall–Kier alpha value is -2.96. The molecule has 130 valence electrons. The molecule has 1 aliphatic rings. The van der Waals surface area contributed by atoms with Crippen LogP contribution < -0.4 is 15.2 Å². The molecule has 1 aromatic carbocycles. The number of fused-ring (bicyclic) bond motifs is 3. The highest BCUT2D eigenvalue weighted by Gasteiger charge is 2.16. The summed E-state index contributed by atoms with van der Waals surface area (Å²) in [5.41, 5.74) is 8.17. The largest absolute Gasteiger partial charge is 0.494 e. The Bertz CT molecular complexity index is 907. The van der Waals surface area contributed by atoms with Crippen LogP contribution in [-0.4, -0.2) is 32.9 Å². The molecule has 25 heavy (non-hydrogen) atoms. The van der Waals surface area contributed by atoms with Crippen molar-refractivity contribution in [3.05, 3.63) is 35.9 Å². The minimum absolute atomic E-state index is 0.101. The average molecular weight is 340 g/mol. The fourth-order valence-corrected chi connectivity index (χ4v) is 3.00. The van der Waals surface area contributed by atoms with Gasteiger partial charge in [-0.05, 0) is 37.0 Å². The van der Waals surface area contributed by atoms with Crippen molar-refractivity contribution in [2.45, 2.75) is 25.8 Å². The summed E-state index contributed by atoms with van der Waals surface area (Å²) in [6.07, 6.45) is 2.89. The number of hydrogen-bond donors (Lipinski definition) is 2. The molecular weight excluding hydrogens is 320 g/mol. The summed E-state index contributed by atoms with van der Waals surface area (Å²) in [4.78, 5) is 8.38. The first-order valence-electron chi connectivity index (χ1n) is 8.41. The summed E-state index contributed by atoms with van der Waals surface area (Å²) in [5.74, 6) is 1.53. The van der Waals surface area contributed by atoms with E-state index in [0.29, 0.717) is 36.7 Å². The van der Waals surface area contributed by atoms with Crippen LogP contribution in [0.3, 0.4) is 0 Å². The summed E-state index contributed by atoms with van der Waals surface area (Å²) in [7, 11) is 0. The number of aromatic hydroxyl groups is 1. The minimum atomic E-state index is -0.101. The topological polar surface area (TPSA) is 95.4 Å². The molecule has 4 bridgehead atoms. The number of nitrogens with zero attached hydrogens (tertiary/aromatic N) is 3. The van der Waals surface area contributed by atoms with E-state index in [0.717, 1.165) is 30.6 Å². The Morgan fingerprint density at radius 3 is 2.76 bits per heavy atom. The van der Waals surface area contributed by atoms with E-state index in [-0.39, 0.29) is 11.8 Å². The molecular formula is C18H20N4O3. The lowest BCUT2D eigenvalue weighted by Gasteiger charge is -2.09. The first-order valence-corrected chi connectivity index (χ1v) is 8.41. The Balaban J connectivity index is 1.80. The van der Waals surface area contributed by atoms with Gasteiger partial charge < -0.3 is 20.3 Å². The van der Waals surface area contributed by atoms with E-state index in [2.05, 4.69) is 9.97 Å². The van der Waals surface area contributed by atoms with Crippen molar-refractivity contribution in [3.8, 4) is 17.6 Å². The molecule has 3 heterocycles. The number of aromatic nitrogens is 3. The number of benzene rings is 1. The Morgan fingerprint density at radius 2 is 1.88 bits per heavy atom. The number of rotatable bonds is 0. The van der Waals surface area contributed by atoms with Crippen molar-refractivity contribution in [3.63, 3.8) is 0 Å². The second-order valence-corrected chi connectivity index (χ2v) is 6.12. The van der Waals surface area contributed by atoms with Crippen molar-refractivity contribution in [2.75, 3.05) is 18.9 Å². The molecule has 0 atom stereocenters. The number of anilines is 1. The summed E-state index contributed by atoms with van der Waals surface area (Å²) in [6, 6.07) is 9.53. The Labute approximate surface area is 145 Å². The number of imidazole rings is 1. The first kappa shape index (κ1) is 15.6. The first-order chi connectivity index (χ1) is 12.2. The number of pyridine rings is 1. The van der Waals surface area contributed by atoms with Crippen molar-refractivity contribution in [1.29, 1.82) is 0 Å². The van der Waals surface area contributed by atoms with Crippen molar-refractivity contribution in [2.24, 2.45) is 0 Å². The standard InChI is InChI=1S/C18H20N4O3/c19-17-16-14-10-15(20-17)25-8-3-1-2-7-24-13-6-4-5-12(9-13)11-22(14)18(23)21-16/h4-6,9-10H,1-3,7-8,11H2,(H2,19,20)(H,21,23). The molecule has 0 fully saturated rings. The molecule has 0 radical (unpaired) electrons. The van der Waals surface area contributed by atoms with E-state index >= 15 is 0 Å².